The first kappa shape index (κ1) is 9.04. The molecule has 0 atom stereocenters. The number of hydrogen-bond acceptors (Lipinski definition) is 3. The predicted octanol–water partition coefficient (Wildman–Crippen LogP) is 1.49. The van der Waals surface area contributed by atoms with Gasteiger partial charge in [-0.25, -0.2) is 0 Å². The monoisotopic (exact) mass is 189 g/mol. The molecule has 14 heavy (non-hydrogen) atoms. The van der Waals surface area contributed by atoms with Crippen molar-refractivity contribution < 1.29 is 9.47 Å². The maximum absolute atomic E-state index is 9.12. The van der Waals surface area contributed by atoms with E-state index in [4.69, 9.17) is 14.7 Å². The van der Waals surface area contributed by atoms with Gasteiger partial charge in [-0.05, 0) is 6.07 Å². The molecule has 1 aromatic carbocycles. The minimum Gasteiger partial charge on any atom is -0.496 e. The standard InChI is InChI=1S/C11H11NO2/c1-13-10-5-3-2-4-9(10)11(6-12)7-14-8-11/h2-5H,7-8H2,1H3. The van der Waals surface area contributed by atoms with E-state index in [1.165, 1.54) is 0 Å². The first-order valence-electron chi connectivity index (χ1n) is 4.45. The molecule has 2 rings (SSSR count). The van der Waals surface area contributed by atoms with Gasteiger partial charge in [-0.2, -0.15) is 5.26 Å². The Kier molecular flexibility index (Phi) is 2.14. The van der Waals surface area contributed by atoms with Crippen LogP contribution >= 0.6 is 0 Å². The molecule has 3 heteroatoms. The molecule has 1 aliphatic rings. The maximum atomic E-state index is 9.12. The summed E-state index contributed by atoms with van der Waals surface area (Å²) >= 11 is 0. The third-order valence-electron chi connectivity index (χ3n) is 2.53. The lowest BCUT2D eigenvalue weighted by Gasteiger charge is -2.36. The van der Waals surface area contributed by atoms with Crippen LogP contribution in [0.5, 0.6) is 5.75 Å². The molecule has 0 radical (unpaired) electrons. The molecule has 0 aromatic heterocycles. The Balaban J connectivity index is 2.45. The van der Waals surface area contributed by atoms with Gasteiger partial charge >= 0.3 is 0 Å². The number of nitriles is 1. The molecule has 0 N–H and O–H groups in total. The third-order valence-corrected chi connectivity index (χ3v) is 2.53. The van der Waals surface area contributed by atoms with Crippen LogP contribution in [-0.2, 0) is 10.2 Å². The highest BCUT2D eigenvalue weighted by atomic mass is 16.5. The third kappa shape index (κ3) is 1.16. The molecule has 0 unspecified atom stereocenters. The van der Waals surface area contributed by atoms with E-state index in [-0.39, 0.29) is 0 Å². The lowest BCUT2D eigenvalue weighted by Crippen LogP contribution is -2.45. The van der Waals surface area contributed by atoms with Crippen molar-refractivity contribution in [3.8, 4) is 11.8 Å². The predicted molar refractivity (Wildman–Crippen MR) is 51.1 cm³/mol. The number of methoxy groups -OCH3 is 1. The van der Waals surface area contributed by atoms with Crippen LogP contribution in [0, 0.1) is 11.3 Å². The van der Waals surface area contributed by atoms with Crippen molar-refractivity contribution in [2.45, 2.75) is 5.41 Å². The molecule has 3 nitrogen and oxygen atoms in total. The summed E-state index contributed by atoms with van der Waals surface area (Å²) in [7, 11) is 1.61. The molecule has 1 fully saturated rings. The highest BCUT2D eigenvalue weighted by Gasteiger charge is 2.42. The largest absolute Gasteiger partial charge is 0.496 e. The van der Waals surface area contributed by atoms with E-state index in [0.717, 1.165) is 11.3 Å². The second-order valence-electron chi connectivity index (χ2n) is 3.39. The van der Waals surface area contributed by atoms with Gasteiger partial charge in [0.2, 0.25) is 0 Å². The Hall–Kier alpha value is -1.53. The van der Waals surface area contributed by atoms with Gasteiger partial charge in [0.25, 0.3) is 0 Å². The molecule has 0 saturated carbocycles. The number of ether oxygens (including phenoxy) is 2. The molecule has 0 spiro atoms. The fourth-order valence-electron chi connectivity index (χ4n) is 1.63. The molecular weight excluding hydrogens is 178 g/mol. The molecule has 72 valence electrons. The highest BCUT2D eigenvalue weighted by molar-refractivity contribution is 5.45. The van der Waals surface area contributed by atoms with Gasteiger partial charge in [0.15, 0.2) is 0 Å². The van der Waals surface area contributed by atoms with Gasteiger partial charge in [-0.3, -0.25) is 0 Å². The van der Waals surface area contributed by atoms with E-state index >= 15 is 0 Å². The van der Waals surface area contributed by atoms with Crippen molar-refractivity contribution in [2.24, 2.45) is 0 Å². The first-order valence-corrected chi connectivity index (χ1v) is 4.45. The Bertz CT molecular complexity index is 377. The molecular formula is C11H11NO2. The summed E-state index contributed by atoms with van der Waals surface area (Å²) in [5.74, 6) is 0.761. The number of hydrogen-bond donors (Lipinski definition) is 0. The fourth-order valence-corrected chi connectivity index (χ4v) is 1.63. The van der Waals surface area contributed by atoms with Gasteiger partial charge in [0.05, 0.1) is 26.4 Å². The molecule has 0 aliphatic carbocycles. The van der Waals surface area contributed by atoms with E-state index in [1.54, 1.807) is 7.11 Å². The number of benzene rings is 1. The lowest BCUT2D eigenvalue weighted by molar-refractivity contribution is -0.0307. The molecule has 0 amide bonds. The zero-order valence-corrected chi connectivity index (χ0v) is 7.99. The van der Waals surface area contributed by atoms with Crippen molar-refractivity contribution in [3.63, 3.8) is 0 Å². The van der Waals surface area contributed by atoms with Crippen LogP contribution < -0.4 is 4.74 Å². The van der Waals surface area contributed by atoms with Gasteiger partial charge in [0, 0.05) is 5.56 Å². The van der Waals surface area contributed by atoms with E-state index in [9.17, 15) is 0 Å². The molecule has 1 aromatic rings. The van der Waals surface area contributed by atoms with Crippen molar-refractivity contribution >= 4 is 0 Å². The maximum Gasteiger partial charge on any atom is 0.132 e. The van der Waals surface area contributed by atoms with E-state index in [1.807, 2.05) is 24.3 Å². The van der Waals surface area contributed by atoms with Crippen LogP contribution in [0.25, 0.3) is 0 Å². The Morgan fingerprint density at radius 1 is 1.43 bits per heavy atom. The SMILES string of the molecule is COc1ccccc1C1(C#N)COC1. The van der Waals surface area contributed by atoms with Crippen LogP contribution in [0.3, 0.4) is 0 Å². The molecule has 1 aliphatic heterocycles. The van der Waals surface area contributed by atoms with Gasteiger partial charge in [-0.1, -0.05) is 18.2 Å². The van der Waals surface area contributed by atoms with Crippen LogP contribution in [0.4, 0.5) is 0 Å². The minimum absolute atomic E-state index is 0.462. The summed E-state index contributed by atoms with van der Waals surface area (Å²) in [5, 5.41) is 9.12. The minimum atomic E-state index is -0.493. The molecule has 1 heterocycles. The normalized spacial score (nSPS) is 18.0. The fraction of sp³-hybridized carbons (Fsp3) is 0.364. The van der Waals surface area contributed by atoms with E-state index in [0.29, 0.717) is 13.2 Å². The second kappa shape index (κ2) is 3.32. The van der Waals surface area contributed by atoms with Crippen LogP contribution in [-0.4, -0.2) is 20.3 Å². The number of nitrogens with zero attached hydrogens (tertiary/aromatic N) is 1. The Morgan fingerprint density at radius 2 is 2.14 bits per heavy atom. The summed E-state index contributed by atoms with van der Waals surface area (Å²) < 4.78 is 10.3. The smallest absolute Gasteiger partial charge is 0.132 e. The lowest BCUT2D eigenvalue weighted by atomic mass is 9.79. The summed E-state index contributed by atoms with van der Waals surface area (Å²) in [6, 6.07) is 9.90. The van der Waals surface area contributed by atoms with Gasteiger partial charge < -0.3 is 9.47 Å². The van der Waals surface area contributed by atoms with Crippen molar-refractivity contribution in [1.29, 1.82) is 5.26 Å². The van der Waals surface area contributed by atoms with Gasteiger partial charge in [-0.15, -0.1) is 0 Å². The summed E-state index contributed by atoms with van der Waals surface area (Å²) in [6.07, 6.45) is 0. The average molecular weight is 189 g/mol. The average Bonchev–Trinajstić information content (AvgIpc) is 2.18. The quantitative estimate of drug-likeness (QED) is 0.707. The zero-order valence-electron chi connectivity index (χ0n) is 7.99. The van der Waals surface area contributed by atoms with E-state index < -0.39 is 5.41 Å². The number of rotatable bonds is 2. The summed E-state index contributed by atoms with van der Waals surface area (Å²) in [6.45, 7) is 0.924. The summed E-state index contributed by atoms with van der Waals surface area (Å²) in [4.78, 5) is 0. The van der Waals surface area contributed by atoms with Crippen LogP contribution in [0.2, 0.25) is 0 Å². The highest BCUT2D eigenvalue weighted by Crippen LogP contribution is 2.37. The Labute approximate surface area is 82.9 Å². The first-order chi connectivity index (χ1) is 6.82. The van der Waals surface area contributed by atoms with Crippen LogP contribution in [0.15, 0.2) is 24.3 Å². The van der Waals surface area contributed by atoms with E-state index in [2.05, 4.69) is 6.07 Å². The van der Waals surface area contributed by atoms with Crippen molar-refractivity contribution in [2.75, 3.05) is 20.3 Å². The number of para-hydroxylation sites is 1. The topological polar surface area (TPSA) is 42.2 Å². The van der Waals surface area contributed by atoms with Crippen molar-refractivity contribution in [3.05, 3.63) is 29.8 Å². The second-order valence-corrected chi connectivity index (χ2v) is 3.39. The van der Waals surface area contributed by atoms with Crippen molar-refractivity contribution in [1.82, 2.24) is 0 Å². The Morgan fingerprint density at radius 3 is 2.64 bits per heavy atom. The van der Waals surface area contributed by atoms with Crippen LogP contribution in [0.1, 0.15) is 5.56 Å². The molecule has 1 saturated heterocycles. The van der Waals surface area contributed by atoms with Gasteiger partial charge in [0.1, 0.15) is 11.2 Å². The zero-order chi connectivity index (χ0) is 10.0. The summed E-state index contributed by atoms with van der Waals surface area (Å²) in [5.41, 5.74) is 0.434. The molecule has 0 bridgehead atoms.